The molecule has 2 heteroatoms. The molecule has 2 nitrogen and oxygen atoms in total. The minimum absolute atomic E-state index is 0.232. The first-order valence-electron chi connectivity index (χ1n) is 6.92. The average molecular weight is 247 g/mol. The third kappa shape index (κ3) is 2.07. The van der Waals surface area contributed by atoms with E-state index in [4.69, 9.17) is 0 Å². The molecule has 0 bridgehead atoms. The minimum atomic E-state index is -0.282. The van der Waals surface area contributed by atoms with Crippen LogP contribution < -0.4 is 0 Å². The maximum absolute atomic E-state index is 10.4. The summed E-state index contributed by atoms with van der Waals surface area (Å²) in [5.74, 6) is 0.373. The van der Waals surface area contributed by atoms with Gasteiger partial charge in [0.05, 0.1) is 6.10 Å². The third-order valence-electron chi connectivity index (χ3n) is 5.23. The molecule has 18 heavy (non-hydrogen) atoms. The summed E-state index contributed by atoms with van der Waals surface area (Å²) in [7, 11) is 0. The first kappa shape index (κ1) is 13.5. The van der Waals surface area contributed by atoms with Gasteiger partial charge >= 0.3 is 0 Å². The van der Waals surface area contributed by atoms with Gasteiger partial charge in [-0.3, -0.25) is 4.98 Å². The standard InChI is InChI=1S/C16H25NO/c1-6-11-7-8-12(17-10-11)9-13(18)14-15(2,3)16(14,4)5/h7-8,10,13-14,18H,6,9H2,1-5H3. The van der Waals surface area contributed by atoms with E-state index < -0.39 is 0 Å². The molecule has 1 aromatic heterocycles. The quantitative estimate of drug-likeness (QED) is 0.886. The molecule has 0 saturated heterocycles. The van der Waals surface area contributed by atoms with E-state index in [0.717, 1.165) is 12.1 Å². The summed E-state index contributed by atoms with van der Waals surface area (Å²) in [5, 5.41) is 10.4. The number of aryl methyl sites for hydroxylation is 1. The fraction of sp³-hybridized carbons (Fsp3) is 0.688. The van der Waals surface area contributed by atoms with Crippen LogP contribution in [-0.4, -0.2) is 16.2 Å². The minimum Gasteiger partial charge on any atom is -0.392 e. The molecule has 2 rings (SSSR count). The zero-order valence-electron chi connectivity index (χ0n) is 12.2. The van der Waals surface area contributed by atoms with E-state index in [1.807, 2.05) is 12.3 Å². The lowest BCUT2D eigenvalue weighted by Gasteiger charge is -2.12. The van der Waals surface area contributed by atoms with E-state index in [0.29, 0.717) is 12.3 Å². The van der Waals surface area contributed by atoms with Crippen LogP contribution in [0.3, 0.4) is 0 Å². The molecule has 0 aliphatic heterocycles. The van der Waals surface area contributed by atoms with E-state index in [1.54, 1.807) is 0 Å². The highest BCUT2D eigenvalue weighted by molar-refractivity contribution is 5.19. The first-order chi connectivity index (χ1) is 8.30. The normalized spacial score (nSPS) is 22.8. The van der Waals surface area contributed by atoms with Crippen molar-refractivity contribution in [1.82, 2.24) is 4.98 Å². The number of aliphatic hydroxyl groups excluding tert-OH is 1. The predicted molar refractivity (Wildman–Crippen MR) is 74.4 cm³/mol. The van der Waals surface area contributed by atoms with Gasteiger partial charge in [-0.1, -0.05) is 40.7 Å². The van der Waals surface area contributed by atoms with Gasteiger partial charge in [0.15, 0.2) is 0 Å². The van der Waals surface area contributed by atoms with E-state index in [2.05, 4.69) is 45.7 Å². The predicted octanol–water partition coefficient (Wildman–Crippen LogP) is 3.23. The second kappa shape index (κ2) is 4.34. The molecule has 1 aromatic rings. The molecule has 1 N–H and O–H groups in total. The largest absolute Gasteiger partial charge is 0.392 e. The second-order valence-electron chi connectivity index (χ2n) is 6.70. The van der Waals surface area contributed by atoms with Crippen LogP contribution in [0.2, 0.25) is 0 Å². The summed E-state index contributed by atoms with van der Waals surface area (Å²) in [6.07, 6.45) is 3.32. The van der Waals surface area contributed by atoms with Crippen molar-refractivity contribution in [3.63, 3.8) is 0 Å². The SMILES string of the molecule is CCc1ccc(CC(O)C2C(C)(C)C2(C)C)nc1. The number of nitrogens with zero attached hydrogens (tertiary/aromatic N) is 1. The topological polar surface area (TPSA) is 33.1 Å². The lowest BCUT2D eigenvalue weighted by Crippen LogP contribution is -2.18. The van der Waals surface area contributed by atoms with Crippen molar-refractivity contribution in [1.29, 1.82) is 0 Å². The van der Waals surface area contributed by atoms with Crippen molar-refractivity contribution in [3.05, 3.63) is 29.6 Å². The van der Waals surface area contributed by atoms with Crippen LogP contribution in [0.15, 0.2) is 18.3 Å². The van der Waals surface area contributed by atoms with Crippen LogP contribution in [0.4, 0.5) is 0 Å². The number of aromatic nitrogens is 1. The average Bonchev–Trinajstić information content (AvgIpc) is 2.70. The molecule has 1 heterocycles. The van der Waals surface area contributed by atoms with Gasteiger partial charge in [0.1, 0.15) is 0 Å². The van der Waals surface area contributed by atoms with Crippen LogP contribution in [0, 0.1) is 16.7 Å². The van der Waals surface area contributed by atoms with E-state index in [9.17, 15) is 5.11 Å². The Kier molecular flexibility index (Phi) is 3.26. The highest BCUT2D eigenvalue weighted by atomic mass is 16.3. The summed E-state index contributed by atoms with van der Waals surface area (Å²) in [6, 6.07) is 4.16. The molecule has 0 radical (unpaired) electrons. The third-order valence-corrected chi connectivity index (χ3v) is 5.23. The second-order valence-corrected chi connectivity index (χ2v) is 6.70. The monoisotopic (exact) mass is 247 g/mol. The maximum atomic E-state index is 10.4. The van der Waals surface area contributed by atoms with Gasteiger partial charge in [0, 0.05) is 18.3 Å². The van der Waals surface area contributed by atoms with E-state index in [1.165, 1.54) is 5.56 Å². The molecule has 1 aliphatic carbocycles. The van der Waals surface area contributed by atoms with E-state index >= 15 is 0 Å². The Bertz CT molecular complexity index is 405. The van der Waals surface area contributed by atoms with Crippen LogP contribution in [0.1, 0.15) is 45.9 Å². The zero-order valence-corrected chi connectivity index (χ0v) is 12.2. The van der Waals surface area contributed by atoms with Gasteiger partial charge in [0.25, 0.3) is 0 Å². The van der Waals surface area contributed by atoms with Gasteiger partial charge in [-0.05, 0) is 34.8 Å². The first-order valence-corrected chi connectivity index (χ1v) is 6.92. The molecule has 0 spiro atoms. The highest BCUT2D eigenvalue weighted by Crippen LogP contribution is 2.69. The van der Waals surface area contributed by atoms with Gasteiger partial charge in [0.2, 0.25) is 0 Å². The summed E-state index contributed by atoms with van der Waals surface area (Å²) >= 11 is 0. The molecular weight excluding hydrogens is 222 g/mol. The molecule has 1 fully saturated rings. The Labute approximate surface area is 110 Å². The van der Waals surface area contributed by atoms with Crippen LogP contribution in [0.25, 0.3) is 0 Å². The van der Waals surface area contributed by atoms with E-state index in [-0.39, 0.29) is 16.9 Å². The lowest BCUT2D eigenvalue weighted by molar-refractivity contribution is 0.128. The molecular formula is C16H25NO. The number of pyridine rings is 1. The van der Waals surface area contributed by atoms with Gasteiger partial charge in [-0.15, -0.1) is 0 Å². The number of hydrogen-bond acceptors (Lipinski definition) is 2. The Morgan fingerprint density at radius 1 is 1.22 bits per heavy atom. The Hall–Kier alpha value is -0.890. The molecule has 100 valence electrons. The van der Waals surface area contributed by atoms with Crippen molar-refractivity contribution < 1.29 is 5.11 Å². The summed E-state index contributed by atoms with van der Waals surface area (Å²) in [5.41, 5.74) is 2.71. The van der Waals surface area contributed by atoms with Gasteiger partial charge < -0.3 is 5.11 Å². The van der Waals surface area contributed by atoms with Crippen molar-refractivity contribution in [2.45, 2.75) is 53.6 Å². The lowest BCUT2D eigenvalue weighted by atomic mass is 10.0. The Balaban J connectivity index is 2.02. The van der Waals surface area contributed by atoms with Gasteiger partial charge in [-0.25, -0.2) is 0 Å². The number of aliphatic hydroxyl groups is 1. The molecule has 1 unspecified atom stereocenters. The molecule has 0 amide bonds. The molecule has 1 atom stereocenters. The maximum Gasteiger partial charge on any atom is 0.0634 e. The van der Waals surface area contributed by atoms with Crippen molar-refractivity contribution in [2.75, 3.05) is 0 Å². The Morgan fingerprint density at radius 3 is 2.22 bits per heavy atom. The van der Waals surface area contributed by atoms with Crippen molar-refractivity contribution in [3.8, 4) is 0 Å². The molecule has 0 aromatic carbocycles. The zero-order chi connectivity index (χ0) is 13.6. The fourth-order valence-corrected chi connectivity index (χ4v) is 3.33. The fourth-order valence-electron chi connectivity index (χ4n) is 3.33. The Morgan fingerprint density at radius 2 is 1.83 bits per heavy atom. The molecule has 1 aliphatic rings. The summed E-state index contributed by atoms with van der Waals surface area (Å²) in [4.78, 5) is 4.44. The van der Waals surface area contributed by atoms with Crippen molar-refractivity contribution in [2.24, 2.45) is 16.7 Å². The number of hydrogen-bond donors (Lipinski definition) is 1. The smallest absolute Gasteiger partial charge is 0.0634 e. The number of rotatable bonds is 4. The van der Waals surface area contributed by atoms with Crippen LogP contribution in [0.5, 0.6) is 0 Å². The van der Waals surface area contributed by atoms with Gasteiger partial charge in [-0.2, -0.15) is 0 Å². The molecule has 1 saturated carbocycles. The van der Waals surface area contributed by atoms with Crippen LogP contribution in [-0.2, 0) is 12.8 Å². The van der Waals surface area contributed by atoms with Crippen LogP contribution >= 0.6 is 0 Å². The summed E-state index contributed by atoms with van der Waals surface area (Å²) in [6.45, 7) is 11.1. The summed E-state index contributed by atoms with van der Waals surface area (Å²) < 4.78 is 0. The highest BCUT2D eigenvalue weighted by Gasteiger charge is 2.66. The van der Waals surface area contributed by atoms with Crippen molar-refractivity contribution >= 4 is 0 Å².